The molecule has 2 saturated heterocycles. The van der Waals surface area contributed by atoms with Crippen molar-refractivity contribution in [1.29, 1.82) is 0 Å². The van der Waals surface area contributed by atoms with Crippen LogP contribution in [-0.4, -0.2) is 60.6 Å². The molecule has 0 radical (unpaired) electrons. The molecule has 0 aromatic heterocycles. The van der Waals surface area contributed by atoms with Crippen LogP contribution < -0.4 is 5.32 Å². The largest absolute Gasteiger partial charge is 0.315 e. The van der Waals surface area contributed by atoms with Crippen molar-refractivity contribution in [1.82, 2.24) is 15.1 Å². The maximum Gasteiger partial charge on any atom is 0.0224 e. The minimum atomic E-state index is 0.713. The molecule has 2 rings (SSSR count). The summed E-state index contributed by atoms with van der Waals surface area (Å²) in [4.78, 5) is 5.53. The van der Waals surface area contributed by atoms with E-state index >= 15 is 0 Å². The van der Waals surface area contributed by atoms with Gasteiger partial charge in [-0.2, -0.15) is 0 Å². The smallest absolute Gasteiger partial charge is 0.0224 e. The summed E-state index contributed by atoms with van der Waals surface area (Å²) in [6, 6.07) is 2.33. The van der Waals surface area contributed by atoms with Crippen LogP contribution >= 0.6 is 0 Å². The van der Waals surface area contributed by atoms with Crippen molar-refractivity contribution >= 4 is 0 Å². The zero-order chi connectivity index (χ0) is 14.4. The topological polar surface area (TPSA) is 18.5 Å². The zero-order valence-corrected chi connectivity index (χ0v) is 13.9. The fraction of sp³-hybridized carbons (Fsp3) is 1.00. The van der Waals surface area contributed by atoms with E-state index in [0.29, 0.717) is 6.04 Å². The van der Waals surface area contributed by atoms with E-state index < -0.39 is 0 Å². The van der Waals surface area contributed by atoms with E-state index in [1.807, 2.05) is 0 Å². The Morgan fingerprint density at radius 2 is 1.90 bits per heavy atom. The highest BCUT2D eigenvalue weighted by atomic mass is 15.2. The summed E-state index contributed by atoms with van der Waals surface area (Å²) < 4.78 is 0. The van der Waals surface area contributed by atoms with Crippen molar-refractivity contribution in [3.8, 4) is 0 Å². The quantitative estimate of drug-likeness (QED) is 0.836. The normalized spacial score (nSPS) is 29.9. The van der Waals surface area contributed by atoms with Gasteiger partial charge in [0.05, 0.1) is 0 Å². The van der Waals surface area contributed by atoms with E-state index in [2.05, 4.69) is 35.9 Å². The first kappa shape index (κ1) is 16.3. The minimum absolute atomic E-state index is 0.713. The van der Waals surface area contributed by atoms with Crippen molar-refractivity contribution in [2.24, 2.45) is 0 Å². The van der Waals surface area contributed by atoms with Gasteiger partial charge < -0.3 is 10.2 Å². The molecule has 2 atom stereocenters. The molecule has 3 heteroatoms. The minimum Gasteiger partial charge on any atom is -0.315 e. The van der Waals surface area contributed by atoms with Crippen molar-refractivity contribution in [2.45, 2.75) is 77.4 Å². The maximum absolute atomic E-state index is 3.60. The number of piperidine rings is 1. The van der Waals surface area contributed by atoms with Gasteiger partial charge in [0.2, 0.25) is 0 Å². The highest BCUT2D eigenvalue weighted by molar-refractivity contribution is 4.86. The van der Waals surface area contributed by atoms with Crippen molar-refractivity contribution in [3.05, 3.63) is 0 Å². The van der Waals surface area contributed by atoms with Crippen molar-refractivity contribution in [3.63, 3.8) is 0 Å². The molecule has 20 heavy (non-hydrogen) atoms. The lowest BCUT2D eigenvalue weighted by Gasteiger charge is -2.40. The molecule has 2 aliphatic rings. The zero-order valence-electron chi connectivity index (χ0n) is 13.9. The number of likely N-dealkylation sites (tertiary alicyclic amines) is 1. The third kappa shape index (κ3) is 4.44. The van der Waals surface area contributed by atoms with Gasteiger partial charge in [-0.15, -0.1) is 0 Å². The van der Waals surface area contributed by atoms with Crippen LogP contribution in [0.5, 0.6) is 0 Å². The third-order valence-electron chi connectivity index (χ3n) is 5.15. The van der Waals surface area contributed by atoms with Crippen LogP contribution in [0.15, 0.2) is 0 Å². The van der Waals surface area contributed by atoms with Gasteiger partial charge in [-0.05, 0) is 78.6 Å². The summed E-state index contributed by atoms with van der Waals surface area (Å²) >= 11 is 0. The number of hydrogen-bond donors (Lipinski definition) is 1. The Bertz CT molecular complexity index is 261. The van der Waals surface area contributed by atoms with Crippen LogP contribution in [0, 0.1) is 0 Å². The average molecular weight is 281 g/mol. The second-order valence-electron chi connectivity index (χ2n) is 6.95. The van der Waals surface area contributed by atoms with Crippen LogP contribution in [-0.2, 0) is 0 Å². The Balaban J connectivity index is 1.94. The molecule has 1 N–H and O–H groups in total. The molecular formula is C17H35N3. The van der Waals surface area contributed by atoms with Gasteiger partial charge in [0.1, 0.15) is 0 Å². The Morgan fingerprint density at radius 3 is 2.55 bits per heavy atom. The Labute approximate surface area is 126 Å². The second-order valence-corrected chi connectivity index (χ2v) is 6.95. The first-order valence-corrected chi connectivity index (χ1v) is 8.93. The van der Waals surface area contributed by atoms with E-state index in [-0.39, 0.29) is 0 Å². The molecule has 2 unspecified atom stereocenters. The van der Waals surface area contributed by atoms with E-state index in [4.69, 9.17) is 0 Å². The standard InChI is InChI=1S/C17H35N3/c1-4-11-20(17-7-5-10-18-14-17)16-8-6-12-19(13-9-16)15(2)3/h15-18H,4-14H2,1-3H3. The SMILES string of the molecule is CCCN(C1CCCN(C(C)C)CC1)C1CCCNC1. The van der Waals surface area contributed by atoms with Gasteiger partial charge >= 0.3 is 0 Å². The van der Waals surface area contributed by atoms with Gasteiger partial charge in [-0.25, -0.2) is 0 Å². The number of hydrogen-bond acceptors (Lipinski definition) is 3. The molecular weight excluding hydrogens is 246 g/mol. The van der Waals surface area contributed by atoms with E-state index in [1.165, 1.54) is 71.2 Å². The number of rotatable bonds is 5. The molecule has 0 amide bonds. The monoisotopic (exact) mass is 281 g/mol. The lowest BCUT2D eigenvalue weighted by Crippen LogP contribution is -2.51. The van der Waals surface area contributed by atoms with E-state index in [0.717, 1.165) is 12.1 Å². The predicted octanol–water partition coefficient (Wildman–Crippen LogP) is 2.71. The van der Waals surface area contributed by atoms with Crippen LogP contribution in [0.25, 0.3) is 0 Å². The van der Waals surface area contributed by atoms with Crippen LogP contribution in [0.3, 0.4) is 0 Å². The van der Waals surface area contributed by atoms with Gasteiger partial charge in [0.25, 0.3) is 0 Å². The van der Waals surface area contributed by atoms with Crippen LogP contribution in [0.2, 0.25) is 0 Å². The number of nitrogens with zero attached hydrogens (tertiary/aromatic N) is 2. The summed E-state index contributed by atoms with van der Waals surface area (Å²) in [6.45, 7) is 13.3. The molecule has 0 bridgehead atoms. The molecule has 0 aromatic carbocycles. The van der Waals surface area contributed by atoms with Gasteiger partial charge in [0, 0.05) is 24.7 Å². The van der Waals surface area contributed by atoms with Crippen molar-refractivity contribution < 1.29 is 0 Å². The van der Waals surface area contributed by atoms with Gasteiger partial charge in [-0.3, -0.25) is 4.90 Å². The lowest BCUT2D eigenvalue weighted by atomic mass is 9.99. The highest BCUT2D eigenvalue weighted by Gasteiger charge is 2.28. The Kier molecular flexibility index (Phi) is 6.79. The van der Waals surface area contributed by atoms with Crippen molar-refractivity contribution in [2.75, 3.05) is 32.7 Å². The fourth-order valence-electron chi connectivity index (χ4n) is 3.99. The Morgan fingerprint density at radius 1 is 1.10 bits per heavy atom. The molecule has 0 saturated carbocycles. The van der Waals surface area contributed by atoms with Crippen LogP contribution in [0.1, 0.15) is 59.3 Å². The first-order valence-electron chi connectivity index (χ1n) is 8.93. The molecule has 2 aliphatic heterocycles. The first-order chi connectivity index (χ1) is 9.72. The molecule has 0 spiro atoms. The maximum atomic E-state index is 3.60. The van der Waals surface area contributed by atoms with E-state index in [9.17, 15) is 0 Å². The Hall–Kier alpha value is -0.120. The van der Waals surface area contributed by atoms with Gasteiger partial charge in [-0.1, -0.05) is 6.92 Å². The fourth-order valence-corrected chi connectivity index (χ4v) is 3.99. The summed E-state index contributed by atoms with van der Waals surface area (Å²) in [6.07, 6.45) is 8.20. The molecule has 2 heterocycles. The summed E-state index contributed by atoms with van der Waals surface area (Å²) in [5.74, 6) is 0. The average Bonchev–Trinajstić information content (AvgIpc) is 2.71. The predicted molar refractivity (Wildman–Crippen MR) is 87.2 cm³/mol. The van der Waals surface area contributed by atoms with E-state index in [1.54, 1.807) is 0 Å². The molecule has 0 aliphatic carbocycles. The van der Waals surface area contributed by atoms with Crippen LogP contribution in [0.4, 0.5) is 0 Å². The molecule has 0 aromatic rings. The summed E-state index contributed by atoms with van der Waals surface area (Å²) in [7, 11) is 0. The van der Waals surface area contributed by atoms with Gasteiger partial charge in [0.15, 0.2) is 0 Å². The summed E-state index contributed by atoms with van der Waals surface area (Å²) in [5, 5.41) is 3.60. The second kappa shape index (κ2) is 8.35. The molecule has 3 nitrogen and oxygen atoms in total. The third-order valence-corrected chi connectivity index (χ3v) is 5.15. The summed E-state index contributed by atoms with van der Waals surface area (Å²) in [5.41, 5.74) is 0. The number of nitrogens with one attached hydrogen (secondary N) is 1. The lowest BCUT2D eigenvalue weighted by molar-refractivity contribution is 0.100. The highest BCUT2D eigenvalue weighted by Crippen LogP contribution is 2.23. The molecule has 118 valence electrons. The molecule has 2 fully saturated rings.